The van der Waals surface area contributed by atoms with E-state index in [0.29, 0.717) is 12.4 Å². The van der Waals surface area contributed by atoms with E-state index >= 15 is 0 Å². The Morgan fingerprint density at radius 3 is 3.06 bits per heavy atom. The van der Waals surface area contributed by atoms with E-state index in [0.717, 1.165) is 29.1 Å². The van der Waals surface area contributed by atoms with Crippen LogP contribution < -0.4 is 5.69 Å². The summed E-state index contributed by atoms with van der Waals surface area (Å²) in [6, 6.07) is 0. The van der Waals surface area contributed by atoms with Crippen LogP contribution in [0.3, 0.4) is 0 Å². The van der Waals surface area contributed by atoms with Gasteiger partial charge in [0.05, 0.1) is 16.6 Å². The monoisotopic (exact) mass is 283 g/mol. The number of halogens is 1. The van der Waals surface area contributed by atoms with Gasteiger partial charge in [-0.3, -0.25) is 4.57 Å². The van der Waals surface area contributed by atoms with Gasteiger partial charge in [-0.1, -0.05) is 0 Å². The minimum atomic E-state index is -0.193. The predicted molar refractivity (Wildman–Crippen MR) is 73.2 cm³/mol. The normalized spacial score (nSPS) is 10.8. The molecule has 0 spiro atoms. The van der Waals surface area contributed by atoms with Crippen molar-refractivity contribution in [3.05, 3.63) is 44.5 Å². The third-order valence-corrected chi connectivity index (χ3v) is 3.74. The second kappa shape index (κ2) is 6.11. The van der Waals surface area contributed by atoms with Crippen molar-refractivity contribution in [2.75, 3.05) is 0 Å². The summed E-state index contributed by atoms with van der Waals surface area (Å²) in [6.07, 6.45) is 5.16. The SMILES string of the molecule is Cc1cnc(=O)n(CCCc2nc(CCl)cs2)c1. The van der Waals surface area contributed by atoms with Gasteiger partial charge in [-0.05, 0) is 18.9 Å². The highest BCUT2D eigenvalue weighted by Crippen LogP contribution is 2.13. The van der Waals surface area contributed by atoms with Crippen molar-refractivity contribution >= 4 is 22.9 Å². The Labute approximate surface area is 114 Å². The summed E-state index contributed by atoms with van der Waals surface area (Å²) in [5.41, 5.74) is 1.72. The van der Waals surface area contributed by atoms with Gasteiger partial charge in [0, 0.05) is 30.7 Å². The van der Waals surface area contributed by atoms with Gasteiger partial charge < -0.3 is 0 Å². The molecule has 18 heavy (non-hydrogen) atoms. The molecular weight excluding hydrogens is 270 g/mol. The Morgan fingerprint density at radius 1 is 1.50 bits per heavy atom. The maximum absolute atomic E-state index is 11.5. The van der Waals surface area contributed by atoms with Crippen molar-refractivity contribution < 1.29 is 0 Å². The molecule has 0 aromatic carbocycles. The summed E-state index contributed by atoms with van der Waals surface area (Å²) in [6.45, 7) is 2.60. The van der Waals surface area contributed by atoms with E-state index < -0.39 is 0 Å². The van der Waals surface area contributed by atoms with E-state index in [4.69, 9.17) is 11.6 Å². The van der Waals surface area contributed by atoms with Gasteiger partial charge in [-0.25, -0.2) is 14.8 Å². The maximum atomic E-state index is 11.5. The van der Waals surface area contributed by atoms with Crippen LogP contribution in [0.1, 0.15) is 22.7 Å². The molecule has 96 valence electrons. The number of hydrogen-bond acceptors (Lipinski definition) is 4. The van der Waals surface area contributed by atoms with E-state index in [1.165, 1.54) is 0 Å². The zero-order valence-corrected chi connectivity index (χ0v) is 11.7. The van der Waals surface area contributed by atoms with Crippen LogP contribution in [-0.2, 0) is 18.8 Å². The smallest absolute Gasteiger partial charge is 0.299 e. The Kier molecular flexibility index (Phi) is 4.49. The highest BCUT2D eigenvalue weighted by molar-refractivity contribution is 7.09. The standard InChI is InChI=1S/C12H14ClN3OS/c1-9-6-14-12(17)16(7-9)4-2-3-11-15-10(5-13)8-18-11/h6-8H,2-5H2,1H3. The number of thiazole rings is 1. The van der Waals surface area contributed by atoms with Crippen LogP contribution >= 0.6 is 22.9 Å². The van der Waals surface area contributed by atoms with Crippen molar-refractivity contribution in [1.82, 2.24) is 14.5 Å². The van der Waals surface area contributed by atoms with E-state index in [9.17, 15) is 4.79 Å². The van der Waals surface area contributed by atoms with Gasteiger partial charge in [-0.2, -0.15) is 0 Å². The Morgan fingerprint density at radius 2 is 2.33 bits per heavy atom. The molecule has 0 N–H and O–H groups in total. The molecule has 0 radical (unpaired) electrons. The van der Waals surface area contributed by atoms with Gasteiger partial charge in [0.2, 0.25) is 0 Å². The highest BCUT2D eigenvalue weighted by Gasteiger charge is 2.02. The molecule has 2 heterocycles. The van der Waals surface area contributed by atoms with Gasteiger partial charge in [0.25, 0.3) is 0 Å². The third-order valence-electron chi connectivity index (χ3n) is 2.51. The first kappa shape index (κ1) is 13.2. The molecule has 2 rings (SSSR count). The van der Waals surface area contributed by atoms with Crippen molar-refractivity contribution in [1.29, 1.82) is 0 Å². The number of hydrogen-bond donors (Lipinski definition) is 0. The molecule has 0 saturated carbocycles. The van der Waals surface area contributed by atoms with Crippen molar-refractivity contribution in [2.45, 2.75) is 32.2 Å². The molecule has 0 amide bonds. The molecule has 0 atom stereocenters. The summed E-state index contributed by atoms with van der Waals surface area (Å²) in [4.78, 5) is 19.7. The summed E-state index contributed by atoms with van der Waals surface area (Å²) < 4.78 is 1.64. The summed E-state index contributed by atoms with van der Waals surface area (Å²) in [5, 5.41) is 3.04. The molecular formula is C12H14ClN3OS. The molecule has 6 heteroatoms. The number of nitrogens with zero attached hydrogens (tertiary/aromatic N) is 3. The second-order valence-corrected chi connectivity index (χ2v) is 5.29. The largest absolute Gasteiger partial charge is 0.347 e. The summed E-state index contributed by atoms with van der Waals surface area (Å²) >= 11 is 7.32. The Bertz CT molecular complexity index is 579. The number of alkyl halides is 1. The van der Waals surface area contributed by atoms with Crippen molar-refractivity contribution in [3.63, 3.8) is 0 Å². The van der Waals surface area contributed by atoms with Crippen molar-refractivity contribution in [2.24, 2.45) is 0 Å². The van der Waals surface area contributed by atoms with Gasteiger partial charge in [0.15, 0.2) is 0 Å². The first-order valence-corrected chi connectivity index (χ1v) is 7.13. The lowest BCUT2D eigenvalue weighted by atomic mass is 10.3. The molecule has 0 aliphatic heterocycles. The molecule has 0 aliphatic rings. The summed E-state index contributed by atoms with van der Waals surface area (Å²) in [5.74, 6) is 0.456. The minimum Gasteiger partial charge on any atom is -0.299 e. The maximum Gasteiger partial charge on any atom is 0.347 e. The first-order valence-electron chi connectivity index (χ1n) is 5.71. The number of rotatable bonds is 5. The molecule has 0 unspecified atom stereocenters. The number of aryl methyl sites for hydroxylation is 3. The van der Waals surface area contributed by atoms with Crippen LogP contribution in [0.25, 0.3) is 0 Å². The fourth-order valence-corrected chi connectivity index (χ4v) is 2.72. The Hall–Kier alpha value is -1.20. The van der Waals surface area contributed by atoms with Crippen LogP contribution in [0.2, 0.25) is 0 Å². The lowest BCUT2D eigenvalue weighted by Crippen LogP contribution is -2.22. The van der Waals surface area contributed by atoms with Crippen molar-refractivity contribution in [3.8, 4) is 0 Å². The highest BCUT2D eigenvalue weighted by atomic mass is 35.5. The van der Waals surface area contributed by atoms with Gasteiger partial charge in [-0.15, -0.1) is 22.9 Å². The first-order chi connectivity index (χ1) is 8.69. The van der Waals surface area contributed by atoms with Gasteiger partial charge >= 0.3 is 5.69 Å². The molecule has 2 aromatic heterocycles. The minimum absolute atomic E-state index is 0.193. The van der Waals surface area contributed by atoms with E-state index in [1.807, 2.05) is 18.5 Å². The predicted octanol–water partition coefficient (Wildman–Crippen LogP) is 2.38. The summed E-state index contributed by atoms with van der Waals surface area (Å²) in [7, 11) is 0. The fraction of sp³-hybridized carbons (Fsp3) is 0.417. The van der Waals surface area contributed by atoms with E-state index in [-0.39, 0.29) is 5.69 Å². The van der Waals surface area contributed by atoms with Gasteiger partial charge in [0.1, 0.15) is 0 Å². The lowest BCUT2D eigenvalue weighted by molar-refractivity contribution is 0.603. The molecule has 0 fully saturated rings. The Balaban J connectivity index is 1.92. The van der Waals surface area contributed by atoms with Crippen LogP contribution in [-0.4, -0.2) is 14.5 Å². The lowest BCUT2D eigenvalue weighted by Gasteiger charge is -2.04. The van der Waals surface area contributed by atoms with Crippen LogP contribution in [0.15, 0.2) is 22.6 Å². The molecule has 0 aliphatic carbocycles. The quantitative estimate of drug-likeness (QED) is 0.792. The molecule has 4 nitrogen and oxygen atoms in total. The number of aromatic nitrogens is 3. The average molecular weight is 284 g/mol. The molecule has 0 bridgehead atoms. The average Bonchev–Trinajstić information content (AvgIpc) is 2.81. The molecule has 0 saturated heterocycles. The fourth-order valence-electron chi connectivity index (χ4n) is 1.65. The van der Waals surface area contributed by atoms with E-state index in [1.54, 1.807) is 22.1 Å². The van der Waals surface area contributed by atoms with Crippen LogP contribution in [0, 0.1) is 6.92 Å². The van der Waals surface area contributed by atoms with Crippen LogP contribution in [0.4, 0.5) is 0 Å². The third kappa shape index (κ3) is 3.40. The zero-order valence-electron chi connectivity index (χ0n) is 10.1. The van der Waals surface area contributed by atoms with Crippen LogP contribution in [0.5, 0.6) is 0 Å². The topological polar surface area (TPSA) is 47.8 Å². The van der Waals surface area contributed by atoms with E-state index in [2.05, 4.69) is 9.97 Å². The molecule has 2 aromatic rings. The zero-order chi connectivity index (χ0) is 13.0. The second-order valence-electron chi connectivity index (χ2n) is 4.08.